The first-order valence-electron chi connectivity index (χ1n) is 9.71. The molecule has 0 aromatic carbocycles. The minimum atomic E-state index is -0.435. The molecule has 0 unspecified atom stereocenters. The van der Waals surface area contributed by atoms with Crippen LogP contribution in [0.3, 0.4) is 0 Å². The molecular formula is C20H26ClFN6S. The molecule has 156 valence electrons. The Hall–Kier alpha value is -1.90. The lowest BCUT2D eigenvalue weighted by molar-refractivity contribution is 0.373. The molecule has 0 spiro atoms. The van der Waals surface area contributed by atoms with E-state index in [4.69, 9.17) is 11.6 Å². The standard InChI is InChI=1S/C18H19ClFN5.C2H7NS/c19-12-6-13-14(9-23-16(13)22-8-12)17-24-10-15(20)18(25-17)21-7-11-4-2-1-3-5-11;1-3-4-2/h6,8-11H,1-5,7H2,(H,22,23)(H,21,24,25);3H,1-2H3. The van der Waals surface area contributed by atoms with Crippen molar-refractivity contribution in [1.29, 1.82) is 0 Å². The van der Waals surface area contributed by atoms with Crippen LogP contribution in [0.1, 0.15) is 32.1 Å². The number of aromatic amines is 1. The second kappa shape index (κ2) is 10.8. The van der Waals surface area contributed by atoms with E-state index < -0.39 is 5.82 Å². The van der Waals surface area contributed by atoms with Gasteiger partial charge in [0.15, 0.2) is 17.5 Å². The van der Waals surface area contributed by atoms with Crippen LogP contribution in [0.4, 0.5) is 10.2 Å². The number of nitrogens with zero attached hydrogens (tertiary/aromatic N) is 3. The van der Waals surface area contributed by atoms with Gasteiger partial charge in [-0.3, -0.25) is 4.72 Å². The number of fused-ring (bicyclic) bond motifs is 1. The van der Waals surface area contributed by atoms with Crippen LogP contribution in [-0.2, 0) is 0 Å². The summed E-state index contributed by atoms with van der Waals surface area (Å²) in [5.41, 5.74) is 1.45. The van der Waals surface area contributed by atoms with Crippen molar-refractivity contribution in [3.63, 3.8) is 0 Å². The van der Waals surface area contributed by atoms with Crippen LogP contribution < -0.4 is 10.0 Å². The van der Waals surface area contributed by atoms with Gasteiger partial charge in [-0.05, 0) is 38.1 Å². The van der Waals surface area contributed by atoms with Crippen molar-refractivity contribution in [1.82, 2.24) is 24.7 Å². The zero-order valence-corrected chi connectivity index (χ0v) is 18.2. The van der Waals surface area contributed by atoms with Gasteiger partial charge in [-0.1, -0.05) is 42.8 Å². The molecule has 3 heterocycles. The van der Waals surface area contributed by atoms with Crippen LogP contribution in [0.15, 0.2) is 24.7 Å². The highest BCUT2D eigenvalue weighted by Crippen LogP contribution is 2.29. The molecule has 1 aliphatic carbocycles. The molecule has 0 saturated heterocycles. The number of hydrogen-bond acceptors (Lipinski definition) is 6. The first-order chi connectivity index (χ1) is 14.1. The van der Waals surface area contributed by atoms with Gasteiger partial charge in [0.1, 0.15) is 5.65 Å². The summed E-state index contributed by atoms with van der Waals surface area (Å²) in [6.07, 6.45) is 12.7. The van der Waals surface area contributed by atoms with Crippen molar-refractivity contribution in [3.8, 4) is 11.4 Å². The number of aromatic nitrogens is 4. The van der Waals surface area contributed by atoms with Crippen LogP contribution in [0.5, 0.6) is 0 Å². The third-order valence-corrected chi connectivity index (χ3v) is 5.58. The molecule has 0 amide bonds. The highest BCUT2D eigenvalue weighted by Gasteiger charge is 2.16. The Morgan fingerprint density at radius 3 is 2.72 bits per heavy atom. The topological polar surface area (TPSA) is 78.5 Å². The first kappa shape index (κ1) is 21.8. The predicted molar refractivity (Wildman–Crippen MR) is 120 cm³/mol. The maximum atomic E-state index is 14.1. The Kier molecular flexibility index (Phi) is 8.09. The predicted octanol–water partition coefficient (Wildman–Crippen LogP) is 5.29. The van der Waals surface area contributed by atoms with Crippen molar-refractivity contribution < 1.29 is 4.39 Å². The average molecular weight is 437 g/mol. The average Bonchev–Trinajstić information content (AvgIpc) is 3.17. The van der Waals surface area contributed by atoms with Crippen molar-refractivity contribution in [2.24, 2.45) is 5.92 Å². The minimum absolute atomic E-state index is 0.250. The van der Waals surface area contributed by atoms with Gasteiger partial charge in [0.2, 0.25) is 0 Å². The van der Waals surface area contributed by atoms with E-state index in [1.807, 2.05) is 13.3 Å². The second-order valence-electron chi connectivity index (χ2n) is 6.94. The Labute approximate surface area is 179 Å². The minimum Gasteiger partial charge on any atom is -0.367 e. The fourth-order valence-corrected chi connectivity index (χ4v) is 3.57. The summed E-state index contributed by atoms with van der Waals surface area (Å²) < 4.78 is 17.0. The van der Waals surface area contributed by atoms with Crippen LogP contribution >= 0.6 is 23.5 Å². The zero-order valence-electron chi connectivity index (χ0n) is 16.6. The molecule has 9 heteroatoms. The van der Waals surface area contributed by atoms with Gasteiger partial charge in [-0.15, -0.1) is 0 Å². The fourth-order valence-electron chi connectivity index (χ4n) is 3.42. The van der Waals surface area contributed by atoms with Gasteiger partial charge < -0.3 is 10.3 Å². The number of hydrogen-bond donors (Lipinski definition) is 3. The van der Waals surface area contributed by atoms with Crippen molar-refractivity contribution in [2.45, 2.75) is 32.1 Å². The Morgan fingerprint density at radius 2 is 2.00 bits per heavy atom. The third kappa shape index (κ3) is 5.81. The molecule has 1 fully saturated rings. The van der Waals surface area contributed by atoms with Crippen molar-refractivity contribution in [3.05, 3.63) is 35.5 Å². The summed E-state index contributed by atoms with van der Waals surface area (Å²) in [6, 6.07) is 1.80. The summed E-state index contributed by atoms with van der Waals surface area (Å²) in [5.74, 6) is 0.848. The van der Waals surface area contributed by atoms with Crippen LogP contribution in [0, 0.1) is 11.7 Å². The molecule has 0 atom stereocenters. The SMILES string of the molecule is CNSC.Fc1cnc(-c2c[nH]c3ncc(Cl)cc23)nc1NCC1CCCCC1. The molecule has 29 heavy (non-hydrogen) atoms. The molecular weight excluding hydrogens is 411 g/mol. The molecule has 6 nitrogen and oxygen atoms in total. The number of rotatable bonds is 5. The quantitative estimate of drug-likeness (QED) is 0.472. The molecule has 0 bridgehead atoms. The van der Waals surface area contributed by atoms with Crippen molar-refractivity contribution in [2.75, 3.05) is 25.2 Å². The third-order valence-electron chi connectivity index (χ3n) is 4.97. The van der Waals surface area contributed by atoms with Crippen LogP contribution in [0.25, 0.3) is 22.4 Å². The number of anilines is 1. The highest BCUT2D eigenvalue weighted by atomic mass is 35.5. The molecule has 0 aliphatic heterocycles. The van der Waals surface area contributed by atoms with Gasteiger partial charge in [0, 0.05) is 29.9 Å². The monoisotopic (exact) mass is 436 g/mol. The maximum Gasteiger partial charge on any atom is 0.183 e. The lowest BCUT2D eigenvalue weighted by Gasteiger charge is -2.22. The van der Waals surface area contributed by atoms with Gasteiger partial charge in [0.25, 0.3) is 0 Å². The summed E-state index contributed by atoms with van der Waals surface area (Å²) in [4.78, 5) is 15.8. The Bertz CT molecular complexity index is 926. The van der Waals surface area contributed by atoms with E-state index in [0.717, 1.165) is 17.5 Å². The normalized spacial score (nSPS) is 14.5. The lowest BCUT2D eigenvalue weighted by atomic mass is 9.89. The summed E-state index contributed by atoms with van der Waals surface area (Å²) in [7, 11) is 1.89. The van der Waals surface area contributed by atoms with E-state index in [0.29, 0.717) is 22.4 Å². The van der Waals surface area contributed by atoms with E-state index in [9.17, 15) is 4.39 Å². The molecule has 3 aromatic heterocycles. The molecule has 3 N–H and O–H groups in total. The number of nitrogens with one attached hydrogen (secondary N) is 3. The summed E-state index contributed by atoms with van der Waals surface area (Å²) in [5, 5.41) is 4.52. The molecule has 1 saturated carbocycles. The van der Waals surface area contributed by atoms with Crippen LogP contribution in [-0.4, -0.2) is 39.8 Å². The molecule has 0 radical (unpaired) electrons. The first-order valence-corrected chi connectivity index (χ1v) is 11.3. The van der Waals surface area contributed by atoms with Gasteiger partial charge in [-0.25, -0.2) is 19.3 Å². The number of halogens is 2. The number of pyridine rings is 1. The van der Waals surface area contributed by atoms with E-state index in [-0.39, 0.29) is 5.82 Å². The van der Waals surface area contributed by atoms with Crippen LogP contribution in [0.2, 0.25) is 5.02 Å². The zero-order chi connectivity index (χ0) is 20.6. The largest absolute Gasteiger partial charge is 0.367 e. The Morgan fingerprint density at radius 1 is 1.24 bits per heavy atom. The Balaban J connectivity index is 0.000000552. The fraction of sp³-hybridized carbons (Fsp3) is 0.450. The summed E-state index contributed by atoms with van der Waals surface area (Å²) >= 11 is 7.64. The van der Waals surface area contributed by atoms with E-state index in [1.165, 1.54) is 38.3 Å². The van der Waals surface area contributed by atoms with E-state index in [2.05, 4.69) is 30.0 Å². The molecule has 3 aromatic rings. The second-order valence-corrected chi connectivity index (χ2v) is 8.19. The number of H-pyrrole nitrogens is 1. The molecule has 1 aliphatic rings. The maximum absolute atomic E-state index is 14.1. The van der Waals surface area contributed by atoms with E-state index in [1.54, 1.807) is 30.4 Å². The van der Waals surface area contributed by atoms with Crippen molar-refractivity contribution >= 4 is 40.4 Å². The summed E-state index contributed by atoms with van der Waals surface area (Å²) in [6.45, 7) is 0.745. The smallest absolute Gasteiger partial charge is 0.183 e. The van der Waals surface area contributed by atoms with E-state index >= 15 is 0 Å². The lowest BCUT2D eigenvalue weighted by Crippen LogP contribution is -2.18. The molecule has 4 rings (SSSR count). The van der Waals surface area contributed by atoms with Gasteiger partial charge in [-0.2, -0.15) is 0 Å². The highest BCUT2D eigenvalue weighted by molar-refractivity contribution is 7.96. The van der Waals surface area contributed by atoms with Gasteiger partial charge in [0.05, 0.1) is 11.2 Å². The van der Waals surface area contributed by atoms with Gasteiger partial charge >= 0.3 is 0 Å².